The molecule has 0 aliphatic heterocycles. The molecule has 166 valence electrons. The Morgan fingerprint density at radius 1 is 0.793 bits per heavy atom. The number of amides is 1. The summed E-state index contributed by atoms with van der Waals surface area (Å²) in [5, 5.41) is 2.82. The number of carbonyl (C=O) groups is 1. The first-order chi connectivity index (χ1) is 13.1. The number of hydrogen-bond acceptors (Lipinski definition) is 5. The normalized spacial score (nSPS) is 13.3. The summed E-state index contributed by atoms with van der Waals surface area (Å²) in [4.78, 5) is 12.0. The van der Waals surface area contributed by atoms with E-state index in [-0.39, 0.29) is 0 Å². The minimum atomic E-state index is -2.85. The van der Waals surface area contributed by atoms with E-state index in [1.807, 2.05) is 18.2 Å². The maximum Gasteiger partial charge on any atom is 0.469 e. The molecular formula is C19H39NO5Si4. The fourth-order valence-electron chi connectivity index (χ4n) is 2.74. The number of para-hydroxylation sites is 1. The van der Waals surface area contributed by atoms with Gasteiger partial charge in [0.1, 0.15) is 5.75 Å². The molecule has 0 spiro atoms. The van der Waals surface area contributed by atoms with Gasteiger partial charge >= 0.3 is 14.9 Å². The molecule has 0 aliphatic carbocycles. The summed E-state index contributed by atoms with van der Waals surface area (Å²) >= 11 is 0. The van der Waals surface area contributed by atoms with Gasteiger partial charge in [-0.2, -0.15) is 0 Å². The highest BCUT2D eigenvalue weighted by Crippen LogP contribution is 2.29. The van der Waals surface area contributed by atoms with Crippen LogP contribution in [0.25, 0.3) is 0 Å². The van der Waals surface area contributed by atoms with E-state index in [9.17, 15) is 4.79 Å². The van der Waals surface area contributed by atoms with Gasteiger partial charge in [0.2, 0.25) is 0 Å². The fraction of sp³-hybridized carbons (Fsp3) is 0.632. The molecule has 29 heavy (non-hydrogen) atoms. The maximum atomic E-state index is 12.0. The predicted octanol–water partition coefficient (Wildman–Crippen LogP) is 5.66. The molecule has 0 heterocycles. The lowest BCUT2D eigenvalue weighted by Gasteiger charge is -2.42. The van der Waals surface area contributed by atoms with Gasteiger partial charge in [0.15, 0.2) is 25.0 Å². The van der Waals surface area contributed by atoms with E-state index in [0.29, 0.717) is 18.3 Å². The topological polar surface area (TPSA) is 66.0 Å². The molecule has 0 bridgehead atoms. The number of carbonyl (C=O) groups excluding carboxylic acids is 1. The molecule has 0 aromatic heterocycles. The summed E-state index contributed by atoms with van der Waals surface area (Å²) in [6, 6.07) is 9.74. The van der Waals surface area contributed by atoms with E-state index in [0.717, 1.165) is 6.42 Å². The number of hydrogen-bond donors (Lipinski definition) is 1. The van der Waals surface area contributed by atoms with E-state index < -0.39 is 39.8 Å². The number of rotatable bonds is 11. The maximum absolute atomic E-state index is 12.0. The third kappa shape index (κ3) is 12.5. The van der Waals surface area contributed by atoms with Gasteiger partial charge in [0.25, 0.3) is 0 Å². The molecule has 0 aliphatic rings. The first kappa shape index (κ1) is 26.3. The molecule has 10 heteroatoms. The average Bonchev–Trinajstić information content (AvgIpc) is 2.47. The van der Waals surface area contributed by atoms with E-state index in [4.69, 9.17) is 17.1 Å². The van der Waals surface area contributed by atoms with Crippen LogP contribution in [0.3, 0.4) is 0 Å². The van der Waals surface area contributed by atoms with Crippen LogP contribution in [-0.4, -0.2) is 46.4 Å². The molecule has 0 atom stereocenters. The van der Waals surface area contributed by atoms with E-state index in [1.165, 1.54) is 0 Å². The van der Waals surface area contributed by atoms with Crippen LogP contribution in [0.2, 0.25) is 65.0 Å². The van der Waals surface area contributed by atoms with Gasteiger partial charge in [0, 0.05) is 12.6 Å². The minimum absolute atomic E-state index is 0.452. The summed E-state index contributed by atoms with van der Waals surface area (Å²) in [6.07, 6.45) is 0.266. The molecule has 1 rings (SSSR count). The van der Waals surface area contributed by atoms with Crippen molar-refractivity contribution in [1.29, 1.82) is 0 Å². The first-order valence-electron chi connectivity index (χ1n) is 10.2. The third-order valence-corrected chi connectivity index (χ3v) is 15.3. The molecular weight excluding hydrogens is 435 g/mol. The van der Waals surface area contributed by atoms with Gasteiger partial charge in [-0.15, -0.1) is 0 Å². The van der Waals surface area contributed by atoms with Crippen molar-refractivity contribution in [2.75, 3.05) is 6.54 Å². The smallest absolute Gasteiger partial charge is 0.417 e. The molecule has 0 saturated heterocycles. The van der Waals surface area contributed by atoms with Crippen molar-refractivity contribution in [2.45, 2.75) is 71.4 Å². The van der Waals surface area contributed by atoms with Crippen LogP contribution >= 0.6 is 0 Å². The summed E-state index contributed by atoms with van der Waals surface area (Å²) in [5.74, 6) is 0.528. The highest BCUT2D eigenvalue weighted by atomic mass is 28.5. The Hall–Kier alpha value is -0.762. The standard InChI is InChI=1S/C19H39NO5Si4/c1-26(2,3)23-29(24-27(4,5)6,25-28(7,8)9)17-13-16-20-19(21)22-18-14-11-10-12-15-18/h10-12,14-15H,13,16-17H2,1-9H3,(H,20,21). The minimum Gasteiger partial charge on any atom is -0.417 e. The van der Waals surface area contributed by atoms with E-state index in [1.54, 1.807) is 12.1 Å². The average molecular weight is 474 g/mol. The van der Waals surface area contributed by atoms with Crippen molar-refractivity contribution in [3.05, 3.63) is 30.3 Å². The Morgan fingerprint density at radius 3 is 1.66 bits per heavy atom. The molecule has 1 aromatic rings. The van der Waals surface area contributed by atoms with Crippen LogP contribution in [0.5, 0.6) is 5.75 Å². The van der Waals surface area contributed by atoms with Crippen LogP contribution in [0.4, 0.5) is 4.79 Å². The Kier molecular flexibility index (Phi) is 9.52. The Balaban J connectivity index is 2.77. The molecule has 1 N–H and O–H groups in total. The van der Waals surface area contributed by atoms with Crippen molar-refractivity contribution in [1.82, 2.24) is 5.32 Å². The largest absolute Gasteiger partial charge is 0.469 e. The summed E-state index contributed by atoms with van der Waals surface area (Å²) in [5.41, 5.74) is 0. The zero-order valence-electron chi connectivity index (χ0n) is 19.5. The predicted molar refractivity (Wildman–Crippen MR) is 129 cm³/mol. The van der Waals surface area contributed by atoms with Crippen molar-refractivity contribution in [3.8, 4) is 5.75 Å². The number of nitrogens with one attached hydrogen (secondary N) is 1. The lowest BCUT2D eigenvalue weighted by molar-refractivity contribution is 0.199. The third-order valence-electron chi connectivity index (χ3n) is 3.27. The highest BCUT2D eigenvalue weighted by Gasteiger charge is 2.49. The van der Waals surface area contributed by atoms with Crippen LogP contribution in [0.15, 0.2) is 30.3 Å². The molecule has 0 saturated carbocycles. The SMILES string of the molecule is C[Si](C)(C)O[Si](CCCNC(=O)Oc1ccccc1)(O[Si](C)(C)C)O[Si](C)(C)C. The second-order valence-electron chi connectivity index (χ2n) is 10.1. The van der Waals surface area contributed by atoms with Crippen molar-refractivity contribution in [3.63, 3.8) is 0 Å². The monoisotopic (exact) mass is 473 g/mol. The van der Waals surface area contributed by atoms with Crippen LogP contribution < -0.4 is 10.1 Å². The fourth-order valence-corrected chi connectivity index (χ4v) is 17.4. The van der Waals surface area contributed by atoms with Crippen molar-refractivity contribution < 1.29 is 21.9 Å². The lowest BCUT2D eigenvalue weighted by atomic mass is 10.3. The molecule has 6 nitrogen and oxygen atoms in total. The Morgan fingerprint density at radius 2 is 1.24 bits per heavy atom. The van der Waals surface area contributed by atoms with Crippen LogP contribution in [-0.2, 0) is 12.3 Å². The molecule has 1 aromatic carbocycles. The van der Waals surface area contributed by atoms with E-state index >= 15 is 0 Å². The van der Waals surface area contributed by atoms with Crippen LogP contribution in [0, 0.1) is 0 Å². The Labute approximate surface area is 181 Å². The second kappa shape index (κ2) is 10.5. The lowest BCUT2D eigenvalue weighted by Crippen LogP contribution is -2.60. The van der Waals surface area contributed by atoms with Gasteiger partial charge < -0.3 is 22.4 Å². The summed E-state index contributed by atoms with van der Waals surface area (Å²) in [6.45, 7) is 20.0. The van der Waals surface area contributed by atoms with Gasteiger partial charge in [-0.05, 0) is 77.5 Å². The van der Waals surface area contributed by atoms with Crippen LogP contribution in [0.1, 0.15) is 6.42 Å². The Bertz CT molecular complexity index is 598. The van der Waals surface area contributed by atoms with Crippen molar-refractivity contribution >= 4 is 39.8 Å². The van der Waals surface area contributed by atoms with Gasteiger partial charge in [-0.25, -0.2) is 4.79 Å². The number of benzene rings is 1. The molecule has 0 radical (unpaired) electrons. The zero-order valence-corrected chi connectivity index (χ0v) is 23.5. The molecule has 0 fully saturated rings. The highest BCUT2D eigenvalue weighted by molar-refractivity contribution is 6.90. The number of ether oxygens (including phenoxy) is 1. The van der Waals surface area contributed by atoms with Gasteiger partial charge in [-0.1, -0.05) is 18.2 Å². The quantitative estimate of drug-likeness (QED) is 0.332. The molecule has 0 unspecified atom stereocenters. The van der Waals surface area contributed by atoms with Gasteiger partial charge in [0.05, 0.1) is 0 Å². The zero-order chi connectivity index (χ0) is 22.3. The second-order valence-corrected chi connectivity index (χ2v) is 27.0. The summed E-state index contributed by atoms with van der Waals surface area (Å²) in [7, 11) is -8.50. The molecule has 1 amide bonds. The van der Waals surface area contributed by atoms with Crippen molar-refractivity contribution in [2.24, 2.45) is 0 Å². The first-order valence-corrected chi connectivity index (χ1v) is 22.4. The van der Waals surface area contributed by atoms with Gasteiger partial charge in [-0.3, -0.25) is 0 Å². The summed E-state index contributed by atoms with van der Waals surface area (Å²) < 4.78 is 25.2. The van der Waals surface area contributed by atoms with E-state index in [2.05, 4.69) is 64.2 Å².